The molecule has 2 rings (SSSR count). The third kappa shape index (κ3) is 3.62. The Morgan fingerprint density at radius 3 is 2.79 bits per heavy atom. The Labute approximate surface area is 114 Å². The second-order valence-corrected chi connectivity index (χ2v) is 5.24. The molecule has 19 heavy (non-hydrogen) atoms. The molecule has 1 aromatic rings. The fraction of sp³-hybridized carbons (Fsp3) is 0.714. The first-order valence-electron chi connectivity index (χ1n) is 7.15. The van der Waals surface area contributed by atoms with Crippen LogP contribution >= 0.6 is 0 Å². The van der Waals surface area contributed by atoms with Gasteiger partial charge in [0.05, 0.1) is 5.69 Å². The Morgan fingerprint density at radius 2 is 2.11 bits per heavy atom. The minimum absolute atomic E-state index is 0.273. The monoisotopic (exact) mass is 266 g/mol. The molecule has 0 radical (unpaired) electrons. The number of nitrogens with zero attached hydrogens (tertiary/aromatic N) is 3. The molecule has 5 heteroatoms. The highest BCUT2D eigenvalue weighted by Crippen LogP contribution is 2.21. The van der Waals surface area contributed by atoms with Gasteiger partial charge in [0.1, 0.15) is 6.33 Å². The molecule has 0 aliphatic carbocycles. The van der Waals surface area contributed by atoms with Gasteiger partial charge in [-0.25, -0.2) is 14.4 Å². The van der Waals surface area contributed by atoms with E-state index < -0.39 is 0 Å². The SMILES string of the molecule is CCCN(CC1CCNCC1)c1ncnc(C)c1F. The lowest BCUT2D eigenvalue weighted by Gasteiger charge is -2.31. The predicted octanol–water partition coefficient (Wildman–Crippen LogP) is 2.14. The van der Waals surface area contributed by atoms with Crippen LogP contribution in [0, 0.1) is 18.7 Å². The van der Waals surface area contributed by atoms with Crippen molar-refractivity contribution in [2.45, 2.75) is 33.1 Å². The molecule has 2 heterocycles. The minimum atomic E-state index is -0.273. The summed E-state index contributed by atoms with van der Waals surface area (Å²) in [5, 5.41) is 3.36. The van der Waals surface area contributed by atoms with Crippen molar-refractivity contribution in [1.29, 1.82) is 0 Å². The molecule has 1 aromatic heterocycles. The van der Waals surface area contributed by atoms with E-state index in [0.29, 0.717) is 17.4 Å². The second-order valence-electron chi connectivity index (χ2n) is 5.24. The van der Waals surface area contributed by atoms with Crippen LogP contribution in [0.25, 0.3) is 0 Å². The Hall–Kier alpha value is -1.23. The highest BCUT2D eigenvalue weighted by Gasteiger charge is 2.20. The third-order valence-corrected chi connectivity index (χ3v) is 3.68. The Bertz CT molecular complexity index is 404. The summed E-state index contributed by atoms with van der Waals surface area (Å²) in [5.41, 5.74) is 0.427. The Balaban J connectivity index is 2.11. The van der Waals surface area contributed by atoms with Crippen molar-refractivity contribution in [2.24, 2.45) is 5.92 Å². The number of anilines is 1. The lowest BCUT2D eigenvalue weighted by Crippen LogP contribution is -2.37. The summed E-state index contributed by atoms with van der Waals surface area (Å²) >= 11 is 0. The average Bonchev–Trinajstić information content (AvgIpc) is 2.43. The third-order valence-electron chi connectivity index (χ3n) is 3.68. The van der Waals surface area contributed by atoms with Crippen LogP contribution in [0.1, 0.15) is 31.9 Å². The van der Waals surface area contributed by atoms with Gasteiger partial charge in [-0.1, -0.05) is 6.92 Å². The number of hydrogen-bond acceptors (Lipinski definition) is 4. The van der Waals surface area contributed by atoms with Gasteiger partial charge in [-0.15, -0.1) is 0 Å². The van der Waals surface area contributed by atoms with E-state index in [0.717, 1.165) is 45.4 Å². The van der Waals surface area contributed by atoms with Crippen molar-refractivity contribution < 1.29 is 4.39 Å². The topological polar surface area (TPSA) is 41.0 Å². The molecular formula is C14H23FN4. The molecule has 0 amide bonds. The van der Waals surface area contributed by atoms with E-state index in [-0.39, 0.29) is 5.82 Å². The van der Waals surface area contributed by atoms with Crippen LogP contribution in [-0.4, -0.2) is 36.1 Å². The maximum atomic E-state index is 14.2. The summed E-state index contributed by atoms with van der Waals surface area (Å²) in [5.74, 6) is 0.820. The van der Waals surface area contributed by atoms with Gasteiger partial charge >= 0.3 is 0 Å². The van der Waals surface area contributed by atoms with Crippen molar-refractivity contribution >= 4 is 5.82 Å². The number of halogens is 1. The molecule has 0 aromatic carbocycles. The van der Waals surface area contributed by atoms with Crippen LogP contribution < -0.4 is 10.2 Å². The maximum absolute atomic E-state index is 14.2. The van der Waals surface area contributed by atoms with Gasteiger partial charge in [-0.2, -0.15) is 0 Å². The molecule has 0 bridgehead atoms. The number of nitrogens with one attached hydrogen (secondary N) is 1. The average molecular weight is 266 g/mol. The van der Waals surface area contributed by atoms with Gasteiger partial charge in [-0.05, 0) is 45.2 Å². The fourth-order valence-corrected chi connectivity index (χ4v) is 2.60. The largest absolute Gasteiger partial charge is 0.354 e. The van der Waals surface area contributed by atoms with Gasteiger partial charge in [0.25, 0.3) is 0 Å². The summed E-state index contributed by atoms with van der Waals surface area (Å²) in [6.45, 7) is 7.67. The van der Waals surface area contributed by atoms with Crippen molar-refractivity contribution in [3.8, 4) is 0 Å². The maximum Gasteiger partial charge on any atom is 0.186 e. The van der Waals surface area contributed by atoms with Gasteiger partial charge in [0.15, 0.2) is 11.6 Å². The van der Waals surface area contributed by atoms with E-state index in [1.807, 2.05) is 0 Å². The molecular weight excluding hydrogens is 243 g/mol. The molecule has 1 N–H and O–H groups in total. The predicted molar refractivity (Wildman–Crippen MR) is 74.8 cm³/mol. The van der Waals surface area contributed by atoms with Crippen LogP contribution in [0.5, 0.6) is 0 Å². The lowest BCUT2D eigenvalue weighted by molar-refractivity contribution is 0.371. The van der Waals surface area contributed by atoms with E-state index in [4.69, 9.17) is 0 Å². The molecule has 1 aliphatic rings. The molecule has 0 spiro atoms. The number of aromatic nitrogens is 2. The molecule has 1 saturated heterocycles. The smallest absolute Gasteiger partial charge is 0.186 e. The van der Waals surface area contributed by atoms with Crippen LogP contribution in [0.2, 0.25) is 0 Å². The Kier molecular flexibility index (Phi) is 5.07. The van der Waals surface area contributed by atoms with E-state index in [1.54, 1.807) is 6.92 Å². The number of aryl methyl sites for hydroxylation is 1. The van der Waals surface area contributed by atoms with Crippen molar-refractivity contribution in [3.63, 3.8) is 0 Å². The summed E-state index contributed by atoms with van der Waals surface area (Å²) < 4.78 is 14.2. The molecule has 0 unspecified atom stereocenters. The summed E-state index contributed by atoms with van der Waals surface area (Å²) in [6, 6.07) is 0. The van der Waals surface area contributed by atoms with Gasteiger partial charge < -0.3 is 10.2 Å². The first-order valence-corrected chi connectivity index (χ1v) is 7.15. The molecule has 4 nitrogen and oxygen atoms in total. The molecule has 0 atom stereocenters. The lowest BCUT2D eigenvalue weighted by atomic mass is 9.97. The minimum Gasteiger partial charge on any atom is -0.354 e. The molecule has 0 saturated carbocycles. The van der Waals surface area contributed by atoms with E-state index in [2.05, 4.69) is 27.1 Å². The summed E-state index contributed by atoms with van der Waals surface area (Å²) in [4.78, 5) is 10.1. The van der Waals surface area contributed by atoms with Crippen molar-refractivity contribution in [2.75, 3.05) is 31.1 Å². The molecule has 106 valence electrons. The molecule has 1 aliphatic heterocycles. The zero-order valence-corrected chi connectivity index (χ0v) is 11.8. The standard InChI is InChI=1S/C14H23FN4/c1-3-8-19(9-12-4-6-16-7-5-12)14-13(15)11(2)17-10-18-14/h10,12,16H,3-9H2,1-2H3. The number of hydrogen-bond donors (Lipinski definition) is 1. The summed E-state index contributed by atoms with van der Waals surface area (Å²) in [6.07, 6.45) is 4.77. The molecule has 1 fully saturated rings. The Morgan fingerprint density at radius 1 is 1.37 bits per heavy atom. The van der Waals surface area contributed by atoms with Crippen molar-refractivity contribution in [1.82, 2.24) is 15.3 Å². The van der Waals surface area contributed by atoms with Crippen molar-refractivity contribution in [3.05, 3.63) is 17.8 Å². The number of rotatable bonds is 5. The van der Waals surface area contributed by atoms with Crippen LogP contribution in [0.4, 0.5) is 10.2 Å². The van der Waals surface area contributed by atoms with E-state index >= 15 is 0 Å². The first-order chi connectivity index (χ1) is 9.22. The highest BCUT2D eigenvalue weighted by molar-refractivity contribution is 5.40. The van der Waals surface area contributed by atoms with E-state index in [1.165, 1.54) is 6.33 Å². The normalized spacial score (nSPS) is 16.6. The van der Waals surface area contributed by atoms with Crippen LogP contribution in [0.15, 0.2) is 6.33 Å². The van der Waals surface area contributed by atoms with Gasteiger partial charge in [-0.3, -0.25) is 0 Å². The fourth-order valence-electron chi connectivity index (χ4n) is 2.60. The van der Waals surface area contributed by atoms with Crippen LogP contribution in [-0.2, 0) is 0 Å². The van der Waals surface area contributed by atoms with E-state index in [9.17, 15) is 4.39 Å². The summed E-state index contributed by atoms with van der Waals surface area (Å²) in [7, 11) is 0. The first kappa shape index (κ1) is 14.2. The zero-order chi connectivity index (χ0) is 13.7. The van der Waals surface area contributed by atoms with Crippen LogP contribution in [0.3, 0.4) is 0 Å². The quantitative estimate of drug-likeness (QED) is 0.886. The zero-order valence-electron chi connectivity index (χ0n) is 11.8. The second kappa shape index (κ2) is 6.80. The number of piperidine rings is 1. The van der Waals surface area contributed by atoms with Gasteiger partial charge in [0.2, 0.25) is 0 Å². The highest BCUT2D eigenvalue weighted by atomic mass is 19.1. The van der Waals surface area contributed by atoms with Gasteiger partial charge in [0, 0.05) is 13.1 Å².